The fourth-order valence-electron chi connectivity index (χ4n) is 2.68. The minimum Gasteiger partial charge on any atom is -0.497 e. The summed E-state index contributed by atoms with van der Waals surface area (Å²) in [6.45, 7) is 5.94. The SMILES string of the molecule is COc1cc(OC)c(N)c(C(=O)N2CCC(C)C(C)C2)c1. The van der Waals surface area contributed by atoms with E-state index in [2.05, 4.69) is 13.8 Å². The van der Waals surface area contributed by atoms with Crippen molar-refractivity contribution in [3.63, 3.8) is 0 Å². The summed E-state index contributed by atoms with van der Waals surface area (Å²) in [7, 11) is 3.09. The van der Waals surface area contributed by atoms with Gasteiger partial charge in [0, 0.05) is 19.2 Å². The number of nitrogens with zero attached hydrogens (tertiary/aromatic N) is 1. The Morgan fingerprint density at radius 3 is 2.52 bits per heavy atom. The molecule has 0 bridgehead atoms. The molecule has 0 saturated carbocycles. The third-order valence-corrected chi connectivity index (χ3v) is 4.42. The summed E-state index contributed by atoms with van der Waals surface area (Å²) >= 11 is 0. The normalized spacial score (nSPS) is 22.0. The molecule has 1 fully saturated rings. The third-order valence-electron chi connectivity index (χ3n) is 4.42. The van der Waals surface area contributed by atoms with Crippen LogP contribution >= 0.6 is 0 Å². The molecule has 0 aromatic heterocycles. The van der Waals surface area contributed by atoms with Crippen molar-refractivity contribution >= 4 is 11.6 Å². The van der Waals surface area contributed by atoms with E-state index in [-0.39, 0.29) is 5.91 Å². The van der Waals surface area contributed by atoms with E-state index in [1.807, 2.05) is 4.90 Å². The van der Waals surface area contributed by atoms with E-state index in [4.69, 9.17) is 15.2 Å². The Kier molecular flexibility index (Phi) is 4.60. The van der Waals surface area contributed by atoms with Crippen molar-refractivity contribution in [2.75, 3.05) is 33.0 Å². The zero-order chi connectivity index (χ0) is 15.6. The first-order valence-electron chi connectivity index (χ1n) is 7.28. The van der Waals surface area contributed by atoms with Gasteiger partial charge in [0.2, 0.25) is 0 Å². The summed E-state index contributed by atoms with van der Waals surface area (Å²) < 4.78 is 10.4. The number of amides is 1. The molecule has 2 N–H and O–H groups in total. The summed E-state index contributed by atoms with van der Waals surface area (Å²) in [5.74, 6) is 2.13. The number of nitrogens with two attached hydrogens (primary N) is 1. The first-order chi connectivity index (χ1) is 9.97. The van der Waals surface area contributed by atoms with Crippen molar-refractivity contribution in [1.29, 1.82) is 0 Å². The predicted octanol–water partition coefficient (Wildman–Crippen LogP) is 2.40. The third kappa shape index (κ3) is 3.06. The first-order valence-corrected chi connectivity index (χ1v) is 7.28. The number of piperidine rings is 1. The Hall–Kier alpha value is -1.91. The van der Waals surface area contributed by atoms with E-state index in [1.165, 1.54) is 7.11 Å². The van der Waals surface area contributed by atoms with Gasteiger partial charge in [-0.2, -0.15) is 0 Å². The van der Waals surface area contributed by atoms with Crippen LogP contribution in [0.1, 0.15) is 30.6 Å². The van der Waals surface area contributed by atoms with Gasteiger partial charge >= 0.3 is 0 Å². The van der Waals surface area contributed by atoms with Crippen molar-refractivity contribution in [3.8, 4) is 11.5 Å². The molecular formula is C16H24N2O3. The van der Waals surface area contributed by atoms with Crippen LogP contribution in [0.2, 0.25) is 0 Å². The van der Waals surface area contributed by atoms with E-state index in [9.17, 15) is 4.79 Å². The molecule has 0 spiro atoms. The van der Waals surface area contributed by atoms with Gasteiger partial charge in [0.15, 0.2) is 0 Å². The lowest BCUT2D eigenvalue weighted by atomic mass is 9.88. The molecule has 1 aliphatic heterocycles. The fourth-order valence-corrected chi connectivity index (χ4v) is 2.68. The van der Waals surface area contributed by atoms with Crippen LogP contribution in [0.25, 0.3) is 0 Å². The van der Waals surface area contributed by atoms with Crippen LogP contribution in [0.3, 0.4) is 0 Å². The van der Waals surface area contributed by atoms with Crippen LogP contribution < -0.4 is 15.2 Å². The Balaban J connectivity index is 2.30. The van der Waals surface area contributed by atoms with Gasteiger partial charge in [-0.1, -0.05) is 13.8 Å². The monoisotopic (exact) mass is 292 g/mol. The number of carbonyl (C=O) groups is 1. The largest absolute Gasteiger partial charge is 0.497 e. The number of benzene rings is 1. The summed E-state index contributed by atoms with van der Waals surface area (Å²) in [4.78, 5) is 14.6. The number of carbonyl (C=O) groups excluding carboxylic acids is 1. The van der Waals surface area contributed by atoms with Gasteiger partial charge in [0.25, 0.3) is 5.91 Å². The molecule has 21 heavy (non-hydrogen) atoms. The van der Waals surface area contributed by atoms with Gasteiger partial charge in [0.05, 0.1) is 25.5 Å². The summed E-state index contributed by atoms with van der Waals surface area (Å²) in [5, 5.41) is 0. The molecule has 2 unspecified atom stereocenters. The van der Waals surface area contributed by atoms with Crippen molar-refractivity contribution in [2.45, 2.75) is 20.3 Å². The number of ether oxygens (including phenoxy) is 2. The molecule has 5 nitrogen and oxygen atoms in total. The molecule has 0 aliphatic carbocycles. The highest BCUT2D eigenvalue weighted by Gasteiger charge is 2.28. The van der Waals surface area contributed by atoms with E-state index in [0.29, 0.717) is 34.6 Å². The van der Waals surface area contributed by atoms with Crippen LogP contribution in [0.5, 0.6) is 11.5 Å². The smallest absolute Gasteiger partial charge is 0.256 e. The second kappa shape index (κ2) is 6.24. The molecule has 0 radical (unpaired) electrons. The predicted molar refractivity (Wildman–Crippen MR) is 82.8 cm³/mol. The average molecular weight is 292 g/mol. The Bertz CT molecular complexity index is 530. The maximum absolute atomic E-state index is 12.7. The number of likely N-dealkylation sites (tertiary alicyclic amines) is 1. The van der Waals surface area contributed by atoms with Gasteiger partial charge in [-0.05, 0) is 24.3 Å². The highest BCUT2D eigenvalue weighted by Crippen LogP contribution is 2.33. The lowest BCUT2D eigenvalue weighted by Crippen LogP contribution is -2.42. The van der Waals surface area contributed by atoms with Gasteiger partial charge in [-0.3, -0.25) is 4.79 Å². The number of hydrogen-bond donors (Lipinski definition) is 1. The summed E-state index contributed by atoms with van der Waals surface area (Å²) in [5.41, 5.74) is 6.88. The molecular weight excluding hydrogens is 268 g/mol. The molecule has 5 heteroatoms. The number of hydrogen-bond acceptors (Lipinski definition) is 4. The van der Waals surface area contributed by atoms with E-state index in [1.54, 1.807) is 19.2 Å². The topological polar surface area (TPSA) is 64.8 Å². The molecule has 1 amide bonds. The summed E-state index contributed by atoms with van der Waals surface area (Å²) in [6, 6.07) is 3.37. The van der Waals surface area contributed by atoms with Crippen LogP contribution in [0.15, 0.2) is 12.1 Å². The highest BCUT2D eigenvalue weighted by atomic mass is 16.5. The molecule has 1 aliphatic rings. The second-order valence-corrected chi connectivity index (χ2v) is 5.79. The minimum absolute atomic E-state index is 0.0524. The Morgan fingerprint density at radius 1 is 1.24 bits per heavy atom. The molecule has 2 atom stereocenters. The number of anilines is 1. The van der Waals surface area contributed by atoms with Gasteiger partial charge in [0.1, 0.15) is 11.5 Å². The number of methoxy groups -OCH3 is 2. The van der Waals surface area contributed by atoms with E-state index < -0.39 is 0 Å². The molecule has 1 aromatic rings. The fraction of sp³-hybridized carbons (Fsp3) is 0.562. The van der Waals surface area contributed by atoms with E-state index >= 15 is 0 Å². The zero-order valence-corrected chi connectivity index (χ0v) is 13.2. The average Bonchev–Trinajstić information content (AvgIpc) is 2.49. The molecule has 1 aromatic carbocycles. The quantitative estimate of drug-likeness (QED) is 0.869. The van der Waals surface area contributed by atoms with Crippen LogP contribution in [0.4, 0.5) is 5.69 Å². The van der Waals surface area contributed by atoms with Gasteiger partial charge in [-0.25, -0.2) is 0 Å². The second-order valence-electron chi connectivity index (χ2n) is 5.79. The van der Waals surface area contributed by atoms with E-state index in [0.717, 1.165) is 19.5 Å². The molecule has 1 heterocycles. The highest BCUT2D eigenvalue weighted by molar-refractivity contribution is 6.01. The first kappa shape index (κ1) is 15.5. The van der Waals surface area contributed by atoms with Crippen LogP contribution in [-0.2, 0) is 0 Å². The maximum Gasteiger partial charge on any atom is 0.256 e. The van der Waals surface area contributed by atoms with Crippen molar-refractivity contribution in [2.24, 2.45) is 11.8 Å². The standard InChI is InChI=1S/C16H24N2O3/c1-10-5-6-18(9-11(10)2)16(19)13-7-12(20-3)8-14(21-4)15(13)17/h7-8,10-11H,5-6,9,17H2,1-4H3. The molecule has 116 valence electrons. The maximum atomic E-state index is 12.7. The number of rotatable bonds is 3. The van der Waals surface area contributed by atoms with Gasteiger partial charge < -0.3 is 20.1 Å². The van der Waals surface area contributed by atoms with Crippen LogP contribution in [0, 0.1) is 11.8 Å². The van der Waals surface area contributed by atoms with Crippen molar-refractivity contribution in [3.05, 3.63) is 17.7 Å². The molecule has 1 saturated heterocycles. The lowest BCUT2D eigenvalue weighted by molar-refractivity contribution is 0.0628. The molecule has 2 rings (SSSR count). The lowest BCUT2D eigenvalue weighted by Gasteiger charge is -2.35. The van der Waals surface area contributed by atoms with Crippen molar-refractivity contribution < 1.29 is 14.3 Å². The van der Waals surface area contributed by atoms with Crippen molar-refractivity contribution in [1.82, 2.24) is 4.90 Å². The number of nitrogen functional groups attached to an aromatic ring is 1. The van der Waals surface area contributed by atoms with Crippen LogP contribution in [-0.4, -0.2) is 38.1 Å². The Labute approximate surface area is 126 Å². The summed E-state index contributed by atoms with van der Waals surface area (Å²) in [6.07, 6.45) is 1.02. The Morgan fingerprint density at radius 2 is 1.95 bits per heavy atom. The van der Waals surface area contributed by atoms with Gasteiger partial charge in [-0.15, -0.1) is 0 Å². The zero-order valence-electron chi connectivity index (χ0n) is 13.2. The minimum atomic E-state index is -0.0524.